The van der Waals surface area contributed by atoms with Gasteiger partial charge in [-0.1, -0.05) is 0 Å². The third kappa shape index (κ3) is 8.73. The molecule has 0 heterocycles. The molecule has 14 heavy (non-hydrogen) atoms. The molecule has 0 aromatic carbocycles. The van der Waals surface area contributed by atoms with E-state index in [2.05, 4.69) is 4.74 Å². The lowest BCUT2D eigenvalue weighted by molar-refractivity contribution is -0.139. The van der Waals surface area contributed by atoms with Crippen LogP contribution in [-0.4, -0.2) is 36.9 Å². The van der Waals surface area contributed by atoms with Crippen LogP contribution in [0.5, 0.6) is 0 Å². The van der Waals surface area contributed by atoms with Crippen LogP contribution in [0.1, 0.15) is 13.3 Å². The second kappa shape index (κ2) is 8.25. The molecule has 0 saturated carbocycles. The van der Waals surface area contributed by atoms with Gasteiger partial charge in [0.25, 0.3) is 0 Å². The molecule has 0 unspecified atom stereocenters. The fraction of sp³-hybridized carbons (Fsp3) is 0.556. The summed E-state index contributed by atoms with van der Waals surface area (Å²) in [6.07, 6.45) is 2.23. The second-order valence-electron chi connectivity index (χ2n) is 2.39. The van der Waals surface area contributed by atoms with Gasteiger partial charge >= 0.3 is 11.9 Å². The first-order chi connectivity index (χ1) is 6.66. The van der Waals surface area contributed by atoms with E-state index in [0.717, 1.165) is 12.2 Å². The minimum Gasteiger partial charge on any atom is -0.478 e. The number of aliphatic carboxylic acids is 1. The van der Waals surface area contributed by atoms with Gasteiger partial charge < -0.3 is 14.6 Å². The Kier molecular flexibility index (Phi) is 7.45. The van der Waals surface area contributed by atoms with Crippen LogP contribution in [0, 0.1) is 0 Å². The topological polar surface area (TPSA) is 72.8 Å². The molecule has 5 heteroatoms. The SMILES string of the molecule is CCOCCCOC(=O)C=CC(=O)O. The Morgan fingerprint density at radius 3 is 2.57 bits per heavy atom. The number of rotatable bonds is 7. The summed E-state index contributed by atoms with van der Waals surface area (Å²) in [7, 11) is 0. The Morgan fingerprint density at radius 2 is 2.00 bits per heavy atom. The number of carbonyl (C=O) groups excluding carboxylic acids is 1. The number of esters is 1. The minimum absolute atomic E-state index is 0.239. The zero-order valence-corrected chi connectivity index (χ0v) is 8.06. The Hall–Kier alpha value is -1.36. The largest absolute Gasteiger partial charge is 0.478 e. The first-order valence-corrected chi connectivity index (χ1v) is 4.32. The van der Waals surface area contributed by atoms with Crippen molar-refractivity contribution in [2.24, 2.45) is 0 Å². The van der Waals surface area contributed by atoms with Crippen LogP contribution >= 0.6 is 0 Å². The molecule has 0 rings (SSSR count). The molecule has 0 bridgehead atoms. The van der Waals surface area contributed by atoms with E-state index in [9.17, 15) is 9.59 Å². The minimum atomic E-state index is -1.17. The van der Waals surface area contributed by atoms with E-state index in [4.69, 9.17) is 9.84 Å². The van der Waals surface area contributed by atoms with Gasteiger partial charge in [-0.15, -0.1) is 0 Å². The third-order valence-electron chi connectivity index (χ3n) is 1.24. The van der Waals surface area contributed by atoms with Crippen LogP contribution in [0.3, 0.4) is 0 Å². The zero-order chi connectivity index (χ0) is 10.8. The molecule has 0 fully saturated rings. The summed E-state index contributed by atoms with van der Waals surface area (Å²) in [4.78, 5) is 20.8. The van der Waals surface area contributed by atoms with Crippen molar-refractivity contribution in [3.63, 3.8) is 0 Å². The van der Waals surface area contributed by atoms with Crippen molar-refractivity contribution in [3.8, 4) is 0 Å². The standard InChI is InChI=1S/C9H14O5/c1-2-13-6-3-7-14-9(12)5-4-8(10)11/h4-5H,2-3,6-7H2,1H3,(H,10,11). The number of carbonyl (C=O) groups is 2. The Morgan fingerprint density at radius 1 is 1.29 bits per heavy atom. The second-order valence-corrected chi connectivity index (χ2v) is 2.39. The number of ether oxygens (including phenoxy) is 2. The number of carboxylic acids is 1. The van der Waals surface area contributed by atoms with Crippen LogP contribution in [0.15, 0.2) is 12.2 Å². The molecule has 0 saturated heterocycles. The summed E-state index contributed by atoms with van der Waals surface area (Å²) in [6.45, 7) is 3.28. The smallest absolute Gasteiger partial charge is 0.331 e. The Bertz CT molecular complexity index is 209. The average molecular weight is 202 g/mol. The van der Waals surface area contributed by atoms with Gasteiger partial charge in [0.05, 0.1) is 6.61 Å². The molecule has 0 aliphatic heterocycles. The summed E-state index contributed by atoms with van der Waals surface area (Å²) in [6, 6.07) is 0. The van der Waals surface area contributed by atoms with E-state index in [1.807, 2.05) is 6.92 Å². The molecule has 0 aromatic rings. The van der Waals surface area contributed by atoms with Gasteiger partial charge in [-0.3, -0.25) is 0 Å². The molecule has 80 valence electrons. The highest BCUT2D eigenvalue weighted by atomic mass is 16.5. The third-order valence-corrected chi connectivity index (χ3v) is 1.24. The van der Waals surface area contributed by atoms with Gasteiger partial charge in [0.1, 0.15) is 0 Å². The Labute approximate surface area is 82.3 Å². The lowest BCUT2D eigenvalue weighted by Gasteiger charge is -2.01. The van der Waals surface area contributed by atoms with Gasteiger partial charge in [-0.05, 0) is 6.92 Å². The molecule has 0 aliphatic rings. The van der Waals surface area contributed by atoms with E-state index in [0.29, 0.717) is 19.6 Å². The predicted octanol–water partition coefficient (Wildman–Crippen LogP) is 0.597. The molecular weight excluding hydrogens is 188 g/mol. The van der Waals surface area contributed by atoms with E-state index >= 15 is 0 Å². The van der Waals surface area contributed by atoms with Gasteiger partial charge in [0, 0.05) is 31.8 Å². The first kappa shape index (κ1) is 12.6. The summed E-state index contributed by atoms with van der Waals surface area (Å²) in [5.74, 6) is -1.82. The number of hydrogen-bond acceptors (Lipinski definition) is 4. The summed E-state index contributed by atoms with van der Waals surface area (Å²) in [5, 5.41) is 8.19. The lowest BCUT2D eigenvalue weighted by atomic mass is 10.5. The maximum Gasteiger partial charge on any atom is 0.331 e. The molecular formula is C9H14O5. The van der Waals surface area contributed by atoms with Crippen molar-refractivity contribution in [1.82, 2.24) is 0 Å². The summed E-state index contributed by atoms with van der Waals surface area (Å²) >= 11 is 0. The van der Waals surface area contributed by atoms with Crippen LogP contribution < -0.4 is 0 Å². The number of carboxylic acid groups (broad SMARTS) is 1. The molecule has 0 spiro atoms. The fourth-order valence-electron chi connectivity index (χ4n) is 0.666. The molecule has 0 aromatic heterocycles. The van der Waals surface area contributed by atoms with Crippen LogP contribution in [0.4, 0.5) is 0 Å². The highest BCUT2D eigenvalue weighted by Gasteiger charge is 1.97. The zero-order valence-electron chi connectivity index (χ0n) is 8.06. The quantitative estimate of drug-likeness (QED) is 0.371. The average Bonchev–Trinajstić information content (AvgIpc) is 2.14. The lowest BCUT2D eigenvalue weighted by Crippen LogP contribution is -2.06. The monoisotopic (exact) mass is 202 g/mol. The van der Waals surface area contributed by atoms with Crippen molar-refractivity contribution < 1.29 is 24.2 Å². The van der Waals surface area contributed by atoms with Gasteiger partial charge in [0.15, 0.2) is 0 Å². The maximum absolute atomic E-state index is 10.8. The van der Waals surface area contributed by atoms with Gasteiger partial charge in [-0.2, -0.15) is 0 Å². The molecule has 0 radical (unpaired) electrons. The highest BCUT2D eigenvalue weighted by molar-refractivity contribution is 5.90. The summed E-state index contributed by atoms with van der Waals surface area (Å²) in [5.41, 5.74) is 0. The van der Waals surface area contributed by atoms with E-state index < -0.39 is 11.9 Å². The van der Waals surface area contributed by atoms with Crippen molar-refractivity contribution in [1.29, 1.82) is 0 Å². The normalized spacial score (nSPS) is 10.4. The van der Waals surface area contributed by atoms with Crippen molar-refractivity contribution in [2.75, 3.05) is 19.8 Å². The maximum atomic E-state index is 10.8. The molecule has 0 amide bonds. The molecule has 0 atom stereocenters. The van der Waals surface area contributed by atoms with E-state index in [1.165, 1.54) is 0 Å². The van der Waals surface area contributed by atoms with Crippen LogP contribution in [0.25, 0.3) is 0 Å². The van der Waals surface area contributed by atoms with Gasteiger partial charge in [0.2, 0.25) is 0 Å². The highest BCUT2D eigenvalue weighted by Crippen LogP contribution is 1.87. The van der Waals surface area contributed by atoms with Crippen molar-refractivity contribution in [3.05, 3.63) is 12.2 Å². The summed E-state index contributed by atoms with van der Waals surface area (Å²) < 4.78 is 9.68. The molecule has 5 nitrogen and oxygen atoms in total. The van der Waals surface area contributed by atoms with Crippen molar-refractivity contribution in [2.45, 2.75) is 13.3 Å². The van der Waals surface area contributed by atoms with Crippen LogP contribution in [-0.2, 0) is 19.1 Å². The van der Waals surface area contributed by atoms with E-state index in [-0.39, 0.29) is 6.61 Å². The van der Waals surface area contributed by atoms with Crippen LogP contribution in [0.2, 0.25) is 0 Å². The fourth-order valence-corrected chi connectivity index (χ4v) is 0.666. The Balaban J connectivity index is 3.40. The molecule has 0 aliphatic carbocycles. The predicted molar refractivity (Wildman–Crippen MR) is 48.8 cm³/mol. The van der Waals surface area contributed by atoms with Crippen molar-refractivity contribution >= 4 is 11.9 Å². The molecule has 1 N–H and O–H groups in total. The van der Waals surface area contributed by atoms with Gasteiger partial charge in [-0.25, -0.2) is 9.59 Å². The number of hydrogen-bond donors (Lipinski definition) is 1. The van der Waals surface area contributed by atoms with E-state index in [1.54, 1.807) is 0 Å². The first-order valence-electron chi connectivity index (χ1n) is 4.32.